The fourth-order valence-electron chi connectivity index (χ4n) is 2.09. The average Bonchev–Trinajstić information content (AvgIpc) is 2.67. The van der Waals surface area contributed by atoms with E-state index in [1.807, 2.05) is 6.92 Å². The second kappa shape index (κ2) is 10.00. The Morgan fingerprint density at radius 2 is 1.89 bits per heavy atom. The molecular weight excluding hydrogens is 368 g/mol. The van der Waals surface area contributed by atoms with Crippen LogP contribution in [-0.2, 0) is 14.3 Å². The highest BCUT2D eigenvalue weighted by atomic mass is 35.5. The molecule has 138 valence electrons. The molecule has 2 aromatic rings. The van der Waals surface area contributed by atoms with Crippen LogP contribution in [0.4, 0.5) is 5.69 Å². The number of esters is 1. The maximum absolute atomic E-state index is 12.0. The molecular formula is C20H17ClN2O4. The number of carbonyl (C=O) groups is 2. The number of nitriles is 1. The Balaban J connectivity index is 1.95. The van der Waals surface area contributed by atoms with Gasteiger partial charge >= 0.3 is 5.97 Å². The molecule has 0 aliphatic carbocycles. The van der Waals surface area contributed by atoms with Crippen molar-refractivity contribution < 1.29 is 19.1 Å². The van der Waals surface area contributed by atoms with Crippen LogP contribution in [-0.4, -0.2) is 25.1 Å². The number of carbonyl (C=O) groups excluding carboxylic acids is 2. The molecule has 0 unspecified atom stereocenters. The lowest BCUT2D eigenvalue weighted by atomic mass is 10.1. The highest BCUT2D eigenvalue weighted by molar-refractivity contribution is 6.33. The van der Waals surface area contributed by atoms with Crippen LogP contribution in [0.3, 0.4) is 0 Å². The molecule has 6 nitrogen and oxygen atoms in total. The summed E-state index contributed by atoms with van der Waals surface area (Å²) in [7, 11) is 0. The third kappa shape index (κ3) is 6.17. The van der Waals surface area contributed by atoms with Crippen molar-refractivity contribution in [3.05, 3.63) is 64.7 Å². The summed E-state index contributed by atoms with van der Waals surface area (Å²) in [6.07, 6.45) is 1.38. The van der Waals surface area contributed by atoms with Gasteiger partial charge in [-0.05, 0) is 42.8 Å². The second-order valence-electron chi connectivity index (χ2n) is 5.28. The lowest BCUT2D eigenvalue weighted by molar-refractivity contribution is -0.142. The quantitative estimate of drug-likeness (QED) is 0.445. The van der Waals surface area contributed by atoms with E-state index in [1.54, 1.807) is 54.6 Å². The van der Waals surface area contributed by atoms with E-state index in [0.717, 1.165) is 0 Å². The number of rotatable bonds is 7. The summed E-state index contributed by atoms with van der Waals surface area (Å²) in [5.41, 5.74) is 0.822. The molecule has 0 spiro atoms. The van der Waals surface area contributed by atoms with Gasteiger partial charge in [0.2, 0.25) is 0 Å². The van der Waals surface area contributed by atoms with Crippen LogP contribution in [0.2, 0.25) is 5.02 Å². The normalized spacial score (nSPS) is 10.6. The summed E-state index contributed by atoms with van der Waals surface area (Å²) in [5, 5.41) is 12.1. The van der Waals surface area contributed by atoms with Gasteiger partial charge in [-0.15, -0.1) is 0 Å². The molecule has 0 aliphatic heterocycles. The van der Waals surface area contributed by atoms with Gasteiger partial charge in [-0.1, -0.05) is 35.9 Å². The third-order valence-electron chi connectivity index (χ3n) is 3.32. The van der Waals surface area contributed by atoms with E-state index in [-0.39, 0.29) is 5.57 Å². The van der Waals surface area contributed by atoms with Crippen LogP contribution < -0.4 is 10.1 Å². The molecule has 2 rings (SSSR count). The zero-order chi connectivity index (χ0) is 19.6. The number of hydrogen-bond acceptors (Lipinski definition) is 5. The first-order chi connectivity index (χ1) is 13.0. The first-order valence-electron chi connectivity index (χ1n) is 8.09. The smallest absolute Gasteiger partial charge is 0.349 e. The Kier molecular flexibility index (Phi) is 7.41. The maximum atomic E-state index is 12.0. The molecule has 27 heavy (non-hydrogen) atoms. The fourth-order valence-corrected chi connectivity index (χ4v) is 2.27. The van der Waals surface area contributed by atoms with E-state index < -0.39 is 18.5 Å². The number of anilines is 1. The van der Waals surface area contributed by atoms with Crippen molar-refractivity contribution in [3.8, 4) is 11.8 Å². The average molecular weight is 385 g/mol. The molecule has 0 aliphatic rings. The molecule has 0 atom stereocenters. The zero-order valence-electron chi connectivity index (χ0n) is 14.6. The van der Waals surface area contributed by atoms with Crippen LogP contribution in [0.25, 0.3) is 6.08 Å². The molecule has 0 fully saturated rings. The number of para-hydroxylation sites is 1. The van der Waals surface area contributed by atoms with Gasteiger partial charge < -0.3 is 14.8 Å². The van der Waals surface area contributed by atoms with Gasteiger partial charge in [0.25, 0.3) is 5.91 Å². The predicted octanol–water partition coefficient (Wildman–Crippen LogP) is 3.83. The SMILES string of the molecule is CCOc1ccc(/C=C(\C#N)C(=O)OCC(=O)Nc2ccccc2Cl)cc1. The monoisotopic (exact) mass is 384 g/mol. The first-order valence-corrected chi connectivity index (χ1v) is 8.47. The van der Waals surface area contributed by atoms with Gasteiger partial charge in [-0.3, -0.25) is 4.79 Å². The summed E-state index contributed by atoms with van der Waals surface area (Å²) in [4.78, 5) is 23.9. The van der Waals surface area contributed by atoms with Gasteiger partial charge in [0, 0.05) is 0 Å². The van der Waals surface area contributed by atoms with E-state index in [9.17, 15) is 14.9 Å². The van der Waals surface area contributed by atoms with E-state index >= 15 is 0 Å². The van der Waals surface area contributed by atoms with Crippen LogP contribution in [0.5, 0.6) is 5.75 Å². The molecule has 2 aromatic carbocycles. The van der Waals surface area contributed by atoms with Crippen molar-refractivity contribution in [1.82, 2.24) is 0 Å². The minimum Gasteiger partial charge on any atom is -0.494 e. The number of nitrogens with zero attached hydrogens (tertiary/aromatic N) is 1. The highest BCUT2D eigenvalue weighted by Crippen LogP contribution is 2.20. The number of benzene rings is 2. The standard InChI is InChI=1S/C20H17ClN2O4/c1-2-26-16-9-7-14(8-10-16)11-15(12-22)20(25)27-13-19(24)23-18-6-4-3-5-17(18)21/h3-11H,2,13H2,1H3,(H,23,24)/b15-11+. The van der Waals surface area contributed by atoms with Gasteiger partial charge in [-0.2, -0.15) is 5.26 Å². The Morgan fingerprint density at radius 1 is 1.19 bits per heavy atom. The lowest BCUT2D eigenvalue weighted by Gasteiger charge is -2.07. The zero-order valence-corrected chi connectivity index (χ0v) is 15.3. The number of hydrogen-bond donors (Lipinski definition) is 1. The van der Waals surface area contributed by atoms with Gasteiger partial charge in [0.1, 0.15) is 17.4 Å². The minimum absolute atomic E-state index is 0.218. The Bertz CT molecular complexity index is 886. The van der Waals surface area contributed by atoms with Crippen LogP contribution in [0.15, 0.2) is 54.1 Å². The molecule has 0 radical (unpaired) electrons. The Hall–Kier alpha value is -3.30. The lowest BCUT2D eigenvalue weighted by Crippen LogP contribution is -2.21. The van der Waals surface area contributed by atoms with Gasteiger partial charge in [0.15, 0.2) is 6.61 Å². The molecule has 0 aromatic heterocycles. The summed E-state index contributed by atoms with van der Waals surface area (Å²) in [6, 6.07) is 15.3. The number of nitrogens with one attached hydrogen (secondary N) is 1. The van der Waals surface area contributed by atoms with E-state index in [0.29, 0.717) is 28.6 Å². The van der Waals surface area contributed by atoms with Crippen molar-refractivity contribution in [2.45, 2.75) is 6.92 Å². The summed E-state index contributed by atoms with van der Waals surface area (Å²) < 4.78 is 10.2. The Labute approximate surface area is 162 Å². The van der Waals surface area contributed by atoms with E-state index in [2.05, 4.69) is 5.32 Å². The highest BCUT2D eigenvalue weighted by Gasteiger charge is 2.14. The number of ether oxygens (including phenoxy) is 2. The molecule has 7 heteroatoms. The second-order valence-corrected chi connectivity index (χ2v) is 5.68. The van der Waals surface area contributed by atoms with Crippen molar-refractivity contribution in [2.24, 2.45) is 0 Å². The fraction of sp³-hybridized carbons (Fsp3) is 0.150. The third-order valence-corrected chi connectivity index (χ3v) is 3.65. The molecule has 1 N–H and O–H groups in total. The van der Waals surface area contributed by atoms with Crippen LogP contribution in [0.1, 0.15) is 12.5 Å². The summed E-state index contributed by atoms with van der Waals surface area (Å²) >= 11 is 5.94. The summed E-state index contributed by atoms with van der Waals surface area (Å²) in [5.74, 6) is -0.762. The van der Waals surface area contributed by atoms with E-state index in [1.165, 1.54) is 6.08 Å². The summed E-state index contributed by atoms with van der Waals surface area (Å²) in [6.45, 7) is 1.88. The Morgan fingerprint density at radius 3 is 2.52 bits per heavy atom. The maximum Gasteiger partial charge on any atom is 0.349 e. The molecule has 0 saturated heterocycles. The predicted molar refractivity (Wildman–Crippen MR) is 102 cm³/mol. The molecule has 0 heterocycles. The number of amides is 1. The number of halogens is 1. The van der Waals surface area contributed by atoms with Gasteiger partial charge in [-0.25, -0.2) is 4.79 Å². The first kappa shape index (κ1) is 20.0. The minimum atomic E-state index is -0.888. The van der Waals surface area contributed by atoms with Crippen LogP contribution >= 0.6 is 11.6 Å². The largest absolute Gasteiger partial charge is 0.494 e. The van der Waals surface area contributed by atoms with Crippen molar-refractivity contribution in [1.29, 1.82) is 5.26 Å². The van der Waals surface area contributed by atoms with Crippen molar-refractivity contribution in [3.63, 3.8) is 0 Å². The van der Waals surface area contributed by atoms with E-state index in [4.69, 9.17) is 21.1 Å². The topological polar surface area (TPSA) is 88.4 Å². The van der Waals surface area contributed by atoms with Crippen molar-refractivity contribution >= 4 is 35.2 Å². The van der Waals surface area contributed by atoms with Crippen molar-refractivity contribution in [2.75, 3.05) is 18.5 Å². The van der Waals surface area contributed by atoms with Crippen LogP contribution in [0, 0.1) is 11.3 Å². The molecule has 1 amide bonds. The molecule has 0 saturated carbocycles. The van der Waals surface area contributed by atoms with Gasteiger partial charge in [0.05, 0.1) is 17.3 Å². The molecule has 0 bridgehead atoms.